The van der Waals surface area contributed by atoms with E-state index in [1.807, 2.05) is 30.3 Å². The molecule has 114 valence electrons. The fourth-order valence-corrected chi connectivity index (χ4v) is 1.63. The van der Waals surface area contributed by atoms with Gasteiger partial charge in [-0.1, -0.05) is 30.3 Å². The Hall–Kier alpha value is -2.37. The first-order valence-corrected chi connectivity index (χ1v) is 6.76. The second kappa shape index (κ2) is 9.52. The molecule has 0 fully saturated rings. The van der Waals surface area contributed by atoms with E-state index >= 15 is 0 Å². The van der Waals surface area contributed by atoms with Gasteiger partial charge >= 0.3 is 11.9 Å². The van der Waals surface area contributed by atoms with Crippen molar-refractivity contribution >= 4 is 17.8 Å². The molecule has 0 spiro atoms. The summed E-state index contributed by atoms with van der Waals surface area (Å²) in [6.45, 7) is -0.128. The van der Waals surface area contributed by atoms with Gasteiger partial charge < -0.3 is 15.2 Å². The number of carboxylic acids is 1. The van der Waals surface area contributed by atoms with E-state index in [0.717, 1.165) is 5.56 Å². The minimum Gasteiger partial charge on any atom is -0.480 e. The summed E-state index contributed by atoms with van der Waals surface area (Å²) in [7, 11) is 0. The Bertz CT molecular complexity index is 472. The molecule has 0 atom stereocenters. The first-order valence-electron chi connectivity index (χ1n) is 6.76. The number of unbranched alkanes of at least 4 members (excludes halogenated alkanes) is 1. The lowest BCUT2D eigenvalue weighted by molar-refractivity contribution is -0.145. The van der Waals surface area contributed by atoms with Crippen molar-refractivity contribution < 1.29 is 24.2 Å². The number of rotatable bonds is 9. The molecule has 0 aliphatic rings. The van der Waals surface area contributed by atoms with Gasteiger partial charge in [0.1, 0.15) is 13.2 Å². The maximum atomic E-state index is 11.5. The number of benzene rings is 1. The highest BCUT2D eigenvalue weighted by atomic mass is 16.5. The normalized spacial score (nSPS) is 9.90. The third-order valence-electron chi connectivity index (χ3n) is 2.71. The Kier molecular flexibility index (Phi) is 7.56. The molecule has 0 aliphatic carbocycles. The molecule has 0 saturated heterocycles. The molecule has 1 aromatic rings. The van der Waals surface area contributed by atoms with E-state index in [-0.39, 0.29) is 37.9 Å². The van der Waals surface area contributed by atoms with Gasteiger partial charge in [-0.3, -0.25) is 14.4 Å². The van der Waals surface area contributed by atoms with Gasteiger partial charge in [0.2, 0.25) is 5.91 Å². The van der Waals surface area contributed by atoms with Crippen molar-refractivity contribution in [3.05, 3.63) is 35.9 Å². The molecule has 0 saturated carbocycles. The third kappa shape index (κ3) is 8.41. The predicted molar refractivity (Wildman–Crippen MR) is 75.4 cm³/mol. The second-order valence-corrected chi connectivity index (χ2v) is 4.52. The van der Waals surface area contributed by atoms with Gasteiger partial charge in [0.05, 0.1) is 0 Å². The highest BCUT2D eigenvalue weighted by Crippen LogP contribution is 2.05. The standard InChI is InChI=1S/C15H19NO5/c17-13(16-10-14(18)19)8-4-5-9-15(20)21-11-12-6-2-1-3-7-12/h1-3,6-7H,4-5,8-11H2,(H,16,17)(H,18,19). The van der Waals surface area contributed by atoms with Gasteiger partial charge in [0, 0.05) is 12.8 Å². The number of amides is 1. The average molecular weight is 293 g/mol. The second-order valence-electron chi connectivity index (χ2n) is 4.52. The molecule has 1 aromatic carbocycles. The summed E-state index contributed by atoms with van der Waals surface area (Å²) < 4.78 is 5.10. The summed E-state index contributed by atoms with van der Waals surface area (Å²) in [5, 5.41) is 10.6. The minimum atomic E-state index is -1.08. The lowest BCUT2D eigenvalue weighted by atomic mass is 10.2. The van der Waals surface area contributed by atoms with Crippen LogP contribution >= 0.6 is 0 Å². The van der Waals surface area contributed by atoms with Crippen molar-refractivity contribution in [3.63, 3.8) is 0 Å². The van der Waals surface area contributed by atoms with Gasteiger partial charge in [-0.2, -0.15) is 0 Å². The van der Waals surface area contributed by atoms with Crippen LogP contribution in [-0.2, 0) is 25.7 Å². The van der Waals surface area contributed by atoms with Crippen LogP contribution in [0, 0.1) is 0 Å². The van der Waals surface area contributed by atoms with E-state index < -0.39 is 5.97 Å². The highest BCUT2D eigenvalue weighted by Gasteiger charge is 2.06. The van der Waals surface area contributed by atoms with Crippen LogP contribution in [0.3, 0.4) is 0 Å². The zero-order valence-electron chi connectivity index (χ0n) is 11.7. The summed E-state index contributed by atoms with van der Waals surface area (Å²) in [6.07, 6.45) is 1.51. The molecular weight excluding hydrogens is 274 g/mol. The number of hydrogen-bond donors (Lipinski definition) is 2. The van der Waals surface area contributed by atoms with Crippen molar-refractivity contribution in [2.75, 3.05) is 6.54 Å². The largest absolute Gasteiger partial charge is 0.480 e. The molecule has 1 amide bonds. The summed E-state index contributed by atoms with van der Waals surface area (Å²) in [6, 6.07) is 9.39. The quantitative estimate of drug-likeness (QED) is 0.531. The first-order chi connectivity index (χ1) is 10.1. The highest BCUT2D eigenvalue weighted by molar-refractivity contribution is 5.81. The van der Waals surface area contributed by atoms with Crippen LogP contribution in [0.1, 0.15) is 31.2 Å². The van der Waals surface area contributed by atoms with Gasteiger partial charge in [0.25, 0.3) is 0 Å². The number of ether oxygens (including phenoxy) is 1. The van der Waals surface area contributed by atoms with Crippen LogP contribution in [0.25, 0.3) is 0 Å². The Morgan fingerprint density at radius 2 is 1.71 bits per heavy atom. The number of esters is 1. The van der Waals surface area contributed by atoms with Crippen molar-refractivity contribution in [2.24, 2.45) is 0 Å². The third-order valence-corrected chi connectivity index (χ3v) is 2.71. The minimum absolute atomic E-state index is 0.208. The van der Waals surface area contributed by atoms with Crippen LogP contribution < -0.4 is 5.32 Å². The zero-order chi connectivity index (χ0) is 15.5. The maximum Gasteiger partial charge on any atom is 0.322 e. The summed E-state index contributed by atoms with van der Waals surface area (Å²) >= 11 is 0. The van der Waals surface area contributed by atoms with Crippen molar-refractivity contribution in [2.45, 2.75) is 32.3 Å². The smallest absolute Gasteiger partial charge is 0.322 e. The number of aliphatic carboxylic acids is 1. The van der Waals surface area contributed by atoms with Gasteiger partial charge in [-0.15, -0.1) is 0 Å². The predicted octanol–water partition coefficient (Wildman–Crippen LogP) is 1.49. The van der Waals surface area contributed by atoms with E-state index in [2.05, 4.69) is 5.32 Å². The maximum absolute atomic E-state index is 11.5. The number of carbonyl (C=O) groups is 3. The molecule has 0 unspecified atom stereocenters. The molecular formula is C15H19NO5. The van der Waals surface area contributed by atoms with E-state index in [9.17, 15) is 14.4 Å². The topological polar surface area (TPSA) is 92.7 Å². The summed E-state index contributed by atoms with van der Waals surface area (Å²) in [4.78, 5) is 32.9. The van der Waals surface area contributed by atoms with Gasteiger partial charge in [-0.25, -0.2) is 0 Å². The van der Waals surface area contributed by atoms with Crippen LogP contribution in [0.15, 0.2) is 30.3 Å². The Balaban J connectivity index is 2.05. The lowest BCUT2D eigenvalue weighted by Gasteiger charge is -2.05. The molecule has 6 heteroatoms. The van der Waals surface area contributed by atoms with Gasteiger partial charge in [-0.05, 0) is 18.4 Å². The van der Waals surface area contributed by atoms with Crippen LogP contribution in [0.4, 0.5) is 0 Å². The molecule has 2 N–H and O–H groups in total. The monoisotopic (exact) mass is 293 g/mol. The number of hydrogen-bond acceptors (Lipinski definition) is 4. The van der Waals surface area contributed by atoms with Crippen molar-refractivity contribution in [1.29, 1.82) is 0 Å². The molecule has 6 nitrogen and oxygen atoms in total. The van der Waals surface area contributed by atoms with Crippen LogP contribution in [-0.4, -0.2) is 29.5 Å². The lowest BCUT2D eigenvalue weighted by Crippen LogP contribution is -2.28. The van der Waals surface area contributed by atoms with Crippen molar-refractivity contribution in [3.8, 4) is 0 Å². The molecule has 1 rings (SSSR count). The molecule has 0 heterocycles. The average Bonchev–Trinajstić information content (AvgIpc) is 2.48. The number of carbonyl (C=O) groups excluding carboxylic acids is 2. The van der Waals surface area contributed by atoms with Gasteiger partial charge in [0.15, 0.2) is 0 Å². The number of carboxylic acid groups (broad SMARTS) is 1. The Morgan fingerprint density at radius 1 is 1.05 bits per heavy atom. The van der Waals surface area contributed by atoms with Crippen LogP contribution in [0.2, 0.25) is 0 Å². The van der Waals surface area contributed by atoms with E-state index in [0.29, 0.717) is 12.8 Å². The summed E-state index contributed by atoms with van der Waals surface area (Å²) in [5.74, 6) is -1.70. The molecule has 0 bridgehead atoms. The van der Waals surface area contributed by atoms with E-state index in [1.165, 1.54) is 0 Å². The first kappa shape index (κ1) is 16.7. The Morgan fingerprint density at radius 3 is 2.38 bits per heavy atom. The van der Waals surface area contributed by atoms with Crippen LogP contribution in [0.5, 0.6) is 0 Å². The Labute approximate surface area is 123 Å². The molecule has 0 radical (unpaired) electrons. The zero-order valence-corrected chi connectivity index (χ0v) is 11.7. The molecule has 21 heavy (non-hydrogen) atoms. The molecule has 0 aromatic heterocycles. The number of nitrogens with one attached hydrogen (secondary N) is 1. The fraction of sp³-hybridized carbons (Fsp3) is 0.400. The molecule has 0 aliphatic heterocycles. The summed E-state index contributed by atoms with van der Waals surface area (Å²) in [5.41, 5.74) is 0.930. The fourth-order valence-electron chi connectivity index (χ4n) is 1.63. The van der Waals surface area contributed by atoms with Crippen molar-refractivity contribution in [1.82, 2.24) is 5.32 Å². The SMILES string of the molecule is O=C(O)CNC(=O)CCCCC(=O)OCc1ccccc1. The van der Waals surface area contributed by atoms with E-state index in [1.54, 1.807) is 0 Å². The van der Waals surface area contributed by atoms with E-state index in [4.69, 9.17) is 9.84 Å².